The SMILES string of the molecule is CCCCOC(=O)[C@@H](Cc1ccc(Cl)cc1)NC(=O)[C@@H](C)N(C)C(=O)[C@H](C1CC1)N(C[C@@H](C)Oc1cc(F)ccc1CCCNC(=O)OCc1ccccc1)C(=O)OC(C)(C)C. The number of alkyl carbamates (subject to hydrolysis) is 1. The molecular weight excluding hydrogens is 819 g/mol. The monoisotopic (exact) mass is 880 g/mol. The Hall–Kier alpha value is -5.37. The summed E-state index contributed by atoms with van der Waals surface area (Å²) in [6.45, 7) is 10.9. The second-order valence-corrected chi connectivity index (χ2v) is 17.2. The van der Waals surface area contributed by atoms with Crippen LogP contribution in [0.5, 0.6) is 5.75 Å². The molecule has 1 aliphatic carbocycles. The Morgan fingerprint density at radius 2 is 1.61 bits per heavy atom. The molecule has 0 saturated heterocycles. The number of nitrogens with one attached hydrogen (secondary N) is 2. The summed E-state index contributed by atoms with van der Waals surface area (Å²) >= 11 is 6.07. The number of rotatable bonds is 22. The van der Waals surface area contributed by atoms with Crippen LogP contribution in [0.3, 0.4) is 0 Å². The summed E-state index contributed by atoms with van der Waals surface area (Å²) in [5.41, 5.74) is 1.39. The Labute approximate surface area is 369 Å². The molecule has 4 amide bonds. The van der Waals surface area contributed by atoms with Crippen LogP contribution in [0.2, 0.25) is 5.02 Å². The Morgan fingerprint density at radius 3 is 2.26 bits per heavy atom. The number of nitrogens with zero attached hydrogens (tertiary/aromatic N) is 2. The van der Waals surface area contributed by atoms with Crippen LogP contribution in [-0.4, -0.2) is 96.3 Å². The van der Waals surface area contributed by atoms with E-state index >= 15 is 0 Å². The van der Waals surface area contributed by atoms with Gasteiger partial charge in [0.1, 0.15) is 48.0 Å². The molecule has 0 spiro atoms. The van der Waals surface area contributed by atoms with E-state index in [0.717, 1.165) is 17.5 Å². The summed E-state index contributed by atoms with van der Waals surface area (Å²) < 4.78 is 37.5. The van der Waals surface area contributed by atoms with Crippen molar-refractivity contribution in [2.75, 3.05) is 26.7 Å². The first kappa shape index (κ1) is 49.3. The molecule has 4 rings (SSSR count). The number of halogens is 2. The first-order chi connectivity index (χ1) is 29.4. The Morgan fingerprint density at radius 1 is 0.919 bits per heavy atom. The number of benzene rings is 3. The van der Waals surface area contributed by atoms with Crippen molar-refractivity contribution in [3.8, 4) is 5.75 Å². The summed E-state index contributed by atoms with van der Waals surface area (Å²) in [4.78, 5) is 70.4. The third kappa shape index (κ3) is 16.2. The lowest BCUT2D eigenvalue weighted by Gasteiger charge is -2.37. The van der Waals surface area contributed by atoms with E-state index in [4.69, 9.17) is 30.5 Å². The Balaban J connectivity index is 1.46. The molecule has 4 atom stereocenters. The summed E-state index contributed by atoms with van der Waals surface area (Å²) in [5.74, 6) is -2.16. The van der Waals surface area contributed by atoms with Crippen LogP contribution < -0.4 is 15.4 Å². The van der Waals surface area contributed by atoms with Gasteiger partial charge >= 0.3 is 18.2 Å². The summed E-state index contributed by atoms with van der Waals surface area (Å²) in [6, 6.07) is 17.3. The van der Waals surface area contributed by atoms with Crippen LogP contribution in [0.1, 0.15) is 90.3 Å². The molecule has 0 heterocycles. The van der Waals surface area contributed by atoms with Crippen molar-refractivity contribution in [3.63, 3.8) is 0 Å². The van der Waals surface area contributed by atoms with Crippen molar-refractivity contribution in [3.05, 3.63) is 100 Å². The third-order valence-electron chi connectivity index (χ3n) is 10.2. The number of unbranched alkanes of at least 4 members (excludes halogenated alkanes) is 1. The van der Waals surface area contributed by atoms with Crippen molar-refractivity contribution in [1.29, 1.82) is 0 Å². The van der Waals surface area contributed by atoms with Gasteiger partial charge in [0, 0.05) is 31.1 Å². The van der Waals surface area contributed by atoms with Gasteiger partial charge in [-0.25, -0.2) is 18.8 Å². The highest BCUT2D eigenvalue weighted by Gasteiger charge is 2.46. The van der Waals surface area contributed by atoms with Gasteiger partial charge in [0.05, 0.1) is 13.2 Å². The maximum atomic E-state index is 14.6. The van der Waals surface area contributed by atoms with Crippen molar-refractivity contribution in [2.45, 2.75) is 123 Å². The standard InChI is InChI=1S/C47H62ClFN4O9/c1-8-9-26-59-44(56)39(27-33-17-22-37(48)23-18-33)51-42(54)32(3)52(7)43(55)41(36-19-20-36)53(46(58)62-47(4,5)6)29-31(2)61-40-28-38(49)24-21-35(40)16-13-25-50-45(57)60-30-34-14-11-10-12-15-34/h10-12,14-15,17-18,21-24,28,31-32,36,39,41H,8-9,13,16,19-20,25-27,29-30H2,1-7H3,(H,50,57)(H,51,54)/t31-,32-,39-,41+/m1/s1. The minimum Gasteiger partial charge on any atom is -0.488 e. The number of carbonyl (C=O) groups is 5. The predicted octanol–water partition coefficient (Wildman–Crippen LogP) is 8.04. The number of likely N-dealkylation sites (N-methyl/N-ethyl adjacent to an activating group) is 1. The minimum absolute atomic E-state index is 0.103. The molecule has 62 heavy (non-hydrogen) atoms. The Bertz CT molecular complexity index is 1940. The molecule has 3 aromatic rings. The highest BCUT2D eigenvalue weighted by Crippen LogP contribution is 2.37. The van der Waals surface area contributed by atoms with E-state index in [1.165, 1.54) is 29.0 Å². The zero-order chi connectivity index (χ0) is 45.4. The van der Waals surface area contributed by atoms with E-state index < -0.39 is 65.6 Å². The summed E-state index contributed by atoms with van der Waals surface area (Å²) in [6.07, 6.45) is 1.83. The van der Waals surface area contributed by atoms with Gasteiger partial charge in [0.2, 0.25) is 11.8 Å². The number of aryl methyl sites for hydroxylation is 1. The van der Waals surface area contributed by atoms with Crippen LogP contribution in [0.4, 0.5) is 14.0 Å². The normalized spacial score (nSPS) is 14.3. The van der Waals surface area contributed by atoms with Crippen LogP contribution in [0.15, 0.2) is 72.8 Å². The molecule has 0 unspecified atom stereocenters. The predicted molar refractivity (Wildman–Crippen MR) is 234 cm³/mol. The van der Waals surface area contributed by atoms with Gasteiger partial charge in [-0.2, -0.15) is 0 Å². The molecule has 338 valence electrons. The average molecular weight is 881 g/mol. The molecule has 1 fully saturated rings. The number of hydrogen-bond donors (Lipinski definition) is 2. The lowest BCUT2D eigenvalue weighted by molar-refractivity contribution is -0.149. The quantitative estimate of drug-likeness (QED) is 0.0580. The minimum atomic E-state index is -1.05. The van der Waals surface area contributed by atoms with Crippen molar-refractivity contribution in [2.24, 2.45) is 5.92 Å². The first-order valence-electron chi connectivity index (χ1n) is 21.3. The number of esters is 1. The number of hydrogen-bond acceptors (Lipinski definition) is 9. The van der Waals surface area contributed by atoms with E-state index in [2.05, 4.69) is 10.6 Å². The van der Waals surface area contributed by atoms with E-state index in [1.54, 1.807) is 65.0 Å². The second-order valence-electron chi connectivity index (χ2n) is 16.7. The molecular formula is C47H62ClFN4O9. The van der Waals surface area contributed by atoms with Gasteiger partial charge in [-0.1, -0.05) is 73.5 Å². The molecule has 0 bridgehead atoms. The van der Waals surface area contributed by atoms with Crippen molar-refractivity contribution in [1.82, 2.24) is 20.4 Å². The molecule has 1 saturated carbocycles. The van der Waals surface area contributed by atoms with E-state index in [1.807, 2.05) is 37.3 Å². The first-order valence-corrected chi connectivity index (χ1v) is 21.7. The number of ether oxygens (including phenoxy) is 4. The highest BCUT2D eigenvalue weighted by atomic mass is 35.5. The van der Waals surface area contributed by atoms with Crippen LogP contribution in [0.25, 0.3) is 0 Å². The molecule has 0 aliphatic heterocycles. The smallest absolute Gasteiger partial charge is 0.411 e. The van der Waals surface area contributed by atoms with Crippen molar-refractivity contribution < 1.29 is 47.3 Å². The Kier molecular flexibility index (Phi) is 18.9. The third-order valence-corrected chi connectivity index (χ3v) is 10.5. The van der Waals surface area contributed by atoms with Crippen LogP contribution in [-0.2, 0) is 48.0 Å². The topological polar surface area (TPSA) is 153 Å². The lowest BCUT2D eigenvalue weighted by atomic mass is 10.0. The maximum absolute atomic E-state index is 14.6. The van der Waals surface area contributed by atoms with Gasteiger partial charge in [-0.15, -0.1) is 0 Å². The lowest BCUT2D eigenvalue weighted by Crippen LogP contribution is -2.58. The average Bonchev–Trinajstić information content (AvgIpc) is 4.07. The largest absolute Gasteiger partial charge is 0.488 e. The fraction of sp³-hybridized carbons (Fsp3) is 0.511. The zero-order valence-corrected chi connectivity index (χ0v) is 37.7. The van der Waals surface area contributed by atoms with Gasteiger partial charge < -0.3 is 34.5 Å². The zero-order valence-electron chi connectivity index (χ0n) is 36.9. The molecule has 0 aromatic heterocycles. The fourth-order valence-corrected chi connectivity index (χ4v) is 6.70. The van der Waals surface area contributed by atoms with E-state index in [9.17, 15) is 28.4 Å². The van der Waals surface area contributed by atoms with Crippen LogP contribution >= 0.6 is 11.6 Å². The van der Waals surface area contributed by atoms with Crippen LogP contribution in [0, 0.1) is 11.7 Å². The highest BCUT2D eigenvalue weighted by molar-refractivity contribution is 6.30. The molecule has 1 aliphatic rings. The fourth-order valence-electron chi connectivity index (χ4n) is 6.58. The van der Waals surface area contributed by atoms with E-state index in [0.29, 0.717) is 49.2 Å². The second kappa shape index (κ2) is 23.7. The van der Waals surface area contributed by atoms with Gasteiger partial charge in [0.15, 0.2) is 0 Å². The summed E-state index contributed by atoms with van der Waals surface area (Å²) in [5, 5.41) is 6.05. The molecule has 0 radical (unpaired) electrons. The molecule has 15 heteroatoms. The van der Waals surface area contributed by atoms with Gasteiger partial charge in [-0.05, 0) is 108 Å². The summed E-state index contributed by atoms with van der Waals surface area (Å²) in [7, 11) is 1.49. The molecule has 3 aromatic carbocycles. The number of amides is 4. The van der Waals surface area contributed by atoms with Gasteiger partial charge in [-0.3, -0.25) is 14.5 Å². The molecule has 13 nitrogen and oxygen atoms in total. The van der Waals surface area contributed by atoms with E-state index in [-0.39, 0.29) is 37.8 Å². The number of carbonyl (C=O) groups excluding carboxylic acids is 5. The van der Waals surface area contributed by atoms with Gasteiger partial charge in [0.25, 0.3) is 0 Å². The maximum Gasteiger partial charge on any atom is 0.411 e. The molecule has 2 N–H and O–H groups in total. The van der Waals surface area contributed by atoms with Crippen molar-refractivity contribution >= 4 is 41.6 Å².